The van der Waals surface area contributed by atoms with Crippen LogP contribution in [0.25, 0.3) is 0 Å². The molecule has 0 atom stereocenters. The molecule has 1 N–H and O–H groups in total. The third-order valence-corrected chi connectivity index (χ3v) is 3.00. The number of carbonyl (C=O) groups excluding carboxylic acids is 1. The van der Waals surface area contributed by atoms with Crippen molar-refractivity contribution in [1.29, 1.82) is 0 Å². The molecular formula is C13H26N2O3. The average molecular weight is 258 g/mol. The number of nitrogens with one attached hydrogen (secondary N) is 1. The average Bonchev–Trinajstić information content (AvgIpc) is 2.39. The first-order valence-corrected chi connectivity index (χ1v) is 6.99. The van der Waals surface area contributed by atoms with E-state index in [1.807, 2.05) is 0 Å². The highest BCUT2D eigenvalue weighted by atomic mass is 16.6. The molecule has 18 heavy (non-hydrogen) atoms. The Kier molecular flexibility index (Phi) is 8.81. The zero-order chi connectivity index (χ0) is 13.1. The molecule has 0 aliphatic carbocycles. The molecule has 1 fully saturated rings. The minimum Gasteiger partial charge on any atom is -0.464 e. The van der Waals surface area contributed by atoms with Gasteiger partial charge in [0.1, 0.15) is 6.61 Å². The van der Waals surface area contributed by atoms with Crippen LogP contribution in [0.5, 0.6) is 0 Å². The van der Waals surface area contributed by atoms with Crippen molar-refractivity contribution in [3.8, 4) is 0 Å². The largest absolute Gasteiger partial charge is 0.464 e. The summed E-state index contributed by atoms with van der Waals surface area (Å²) < 4.78 is 9.95. The van der Waals surface area contributed by atoms with E-state index in [1.54, 1.807) is 6.92 Å². The lowest BCUT2D eigenvalue weighted by molar-refractivity contribution is -0.148. The quantitative estimate of drug-likeness (QED) is 0.486. The van der Waals surface area contributed by atoms with Gasteiger partial charge in [-0.15, -0.1) is 0 Å². The summed E-state index contributed by atoms with van der Waals surface area (Å²) in [5.74, 6) is -0.286. The normalized spacial score (nSPS) is 16.7. The molecule has 0 bridgehead atoms. The summed E-state index contributed by atoms with van der Waals surface area (Å²) in [5, 5.41) is 3.32. The number of nitrogens with zero attached hydrogens (tertiary/aromatic N) is 1. The molecule has 1 saturated heterocycles. The molecule has 0 amide bonds. The fourth-order valence-electron chi connectivity index (χ4n) is 2.05. The highest BCUT2D eigenvalue weighted by Gasteiger charge is 2.08. The molecule has 0 radical (unpaired) electrons. The van der Waals surface area contributed by atoms with E-state index in [-0.39, 0.29) is 12.6 Å². The van der Waals surface area contributed by atoms with Gasteiger partial charge in [0, 0.05) is 19.6 Å². The molecule has 1 aliphatic rings. The predicted octanol–water partition coefficient (Wildman–Crippen LogP) is 0.642. The van der Waals surface area contributed by atoms with Gasteiger partial charge in [-0.3, -0.25) is 0 Å². The summed E-state index contributed by atoms with van der Waals surface area (Å²) >= 11 is 0. The van der Waals surface area contributed by atoms with E-state index < -0.39 is 0 Å². The van der Waals surface area contributed by atoms with Crippen LogP contribution in [0.15, 0.2) is 0 Å². The number of likely N-dealkylation sites (tertiary alicyclic amines) is 1. The van der Waals surface area contributed by atoms with Gasteiger partial charge >= 0.3 is 5.97 Å². The summed E-state index contributed by atoms with van der Waals surface area (Å²) in [7, 11) is 0. The number of ether oxygens (including phenoxy) is 2. The Balaban J connectivity index is 1.82. The summed E-state index contributed by atoms with van der Waals surface area (Å²) in [6.45, 7) is 8.17. The van der Waals surface area contributed by atoms with E-state index in [2.05, 4.69) is 10.2 Å². The van der Waals surface area contributed by atoms with Gasteiger partial charge in [0.25, 0.3) is 0 Å². The maximum Gasteiger partial charge on any atom is 0.332 e. The van der Waals surface area contributed by atoms with Crippen molar-refractivity contribution < 1.29 is 14.3 Å². The van der Waals surface area contributed by atoms with E-state index in [0.29, 0.717) is 13.2 Å². The molecule has 0 aromatic carbocycles. The van der Waals surface area contributed by atoms with Gasteiger partial charge in [-0.2, -0.15) is 0 Å². The Hall–Kier alpha value is -0.650. The van der Waals surface area contributed by atoms with E-state index in [0.717, 1.165) is 19.6 Å². The number of carbonyl (C=O) groups is 1. The summed E-state index contributed by atoms with van der Waals surface area (Å²) in [6, 6.07) is 0. The van der Waals surface area contributed by atoms with Crippen LogP contribution in [-0.2, 0) is 14.3 Å². The smallest absolute Gasteiger partial charge is 0.332 e. The van der Waals surface area contributed by atoms with Crippen molar-refractivity contribution in [2.75, 3.05) is 52.5 Å². The zero-order valence-electron chi connectivity index (χ0n) is 11.5. The highest BCUT2D eigenvalue weighted by Crippen LogP contribution is 2.07. The van der Waals surface area contributed by atoms with Crippen LogP contribution in [0.3, 0.4) is 0 Å². The topological polar surface area (TPSA) is 50.8 Å². The third kappa shape index (κ3) is 7.63. The van der Waals surface area contributed by atoms with Crippen LogP contribution < -0.4 is 5.32 Å². The number of piperidine rings is 1. The van der Waals surface area contributed by atoms with Gasteiger partial charge in [-0.1, -0.05) is 6.42 Å². The Morgan fingerprint density at radius 1 is 1.22 bits per heavy atom. The molecule has 5 nitrogen and oxygen atoms in total. The van der Waals surface area contributed by atoms with Gasteiger partial charge < -0.3 is 19.7 Å². The van der Waals surface area contributed by atoms with E-state index in [1.165, 1.54) is 32.4 Å². The van der Waals surface area contributed by atoms with Crippen LogP contribution >= 0.6 is 0 Å². The van der Waals surface area contributed by atoms with Crippen LogP contribution in [0.2, 0.25) is 0 Å². The number of rotatable bonds is 9. The lowest BCUT2D eigenvalue weighted by Gasteiger charge is -2.26. The molecule has 1 heterocycles. The molecule has 0 spiro atoms. The maximum atomic E-state index is 11.0. The third-order valence-electron chi connectivity index (χ3n) is 3.00. The summed E-state index contributed by atoms with van der Waals surface area (Å²) in [6.07, 6.45) is 4.05. The highest BCUT2D eigenvalue weighted by molar-refractivity contribution is 5.70. The maximum absolute atomic E-state index is 11.0. The monoisotopic (exact) mass is 258 g/mol. The van der Waals surface area contributed by atoms with Gasteiger partial charge in [0.2, 0.25) is 0 Å². The molecule has 0 aromatic rings. The van der Waals surface area contributed by atoms with Crippen LogP contribution in [0.1, 0.15) is 26.2 Å². The van der Waals surface area contributed by atoms with Crippen molar-refractivity contribution in [1.82, 2.24) is 10.2 Å². The Bertz CT molecular complexity index is 218. The van der Waals surface area contributed by atoms with Crippen LogP contribution in [0, 0.1) is 0 Å². The summed E-state index contributed by atoms with van der Waals surface area (Å²) in [4.78, 5) is 13.5. The van der Waals surface area contributed by atoms with Crippen molar-refractivity contribution in [2.45, 2.75) is 26.2 Å². The Morgan fingerprint density at radius 2 is 2.00 bits per heavy atom. The molecule has 106 valence electrons. The zero-order valence-corrected chi connectivity index (χ0v) is 11.5. The second-order valence-corrected chi connectivity index (χ2v) is 4.51. The second kappa shape index (κ2) is 10.3. The van der Waals surface area contributed by atoms with Crippen molar-refractivity contribution in [3.05, 3.63) is 0 Å². The first-order valence-electron chi connectivity index (χ1n) is 6.99. The Labute approximate surface area is 110 Å². The standard InChI is InChI=1S/C13H26N2O3/c1-2-18-13(16)12-17-11-7-14-6-10-15-8-4-3-5-9-15/h14H,2-12H2,1H3. The van der Waals surface area contributed by atoms with E-state index >= 15 is 0 Å². The van der Waals surface area contributed by atoms with Crippen LogP contribution in [-0.4, -0.2) is 63.4 Å². The molecule has 0 aromatic heterocycles. The van der Waals surface area contributed by atoms with Crippen molar-refractivity contribution >= 4 is 5.97 Å². The fraction of sp³-hybridized carbons (Fsp3) is 0.923. The van der Waals surface area contributed by atoms with Gasteiger partial charge in [0.05, 0.1) is 13.2 Å². The SMILES string of the molecule is CCOC(=O)COCCNCCN1CCCCC1. The fourth-order valence-corrected chi connectivity index (χ4v) is 2.05. The molecule has 1 rings (SSSR count). The van der Waals surface area contributed by atoms with Crippen LogP contribution in [0.4, 0.5) is 0 Å². The first-order chi connectivity index (χ1) is 8.83. The lowest BCUT2D eigenvalue weighted by Crippen LogP contribution is -2.36. The number of esters is 1. The lowest BCUT2D eigenvalue weighted by atomic mass is 10.1. The van der Waals surface area contributed by atoms with Gasteiger partial charge in [-0.25, -0.2) is 4.79 Å². The van der Waals surface area contributed by atoms with E-state index in [4.69, 9.17) is 9.47 Å². The predicted molar refractivity (Wildman–Crippen MR) is 70.6 cm³/mol. The van der Waals surface area contributed by atoms with E-state index in [9.17, 15) is 4.79 Å². The molecule has 0 saturated carbocycles. The molecule has 1 aliphatic heterocycles. The Morgan fingerprint density at radius 3 is 2.72 bits per heavy atom. The van der Waals surface area contributed by atoms with Gasteiger partial charge in [-0.05, 0) is 32.9 Å². The first kappa shape index (κ1) is 15.4. The number of hydrogen-bond donors (Lipinski definition) is 1. The van der Waals surface area contributed by atoms with Crippen molar-refractivity contribution in [2.24, 2.45) is 0 Å². The molecular weight excluding hydrogens is 232 g/mol. The number of hydrogen-bond acceptors (Lipinski definition) is 5. The molecule has 5 heteroatoms. The minimum atomic E-state index is -0.286. The summed E-state index contributed by atoms with van der Waals surface area (Å²) in [5.41, 5.74) is 0. The minimum absolute atomic E-state index is 0.0572. The van der Waals surface area contributed by atoms with Gasteiger partial charge in [0.15, 0.2) is 0 Å². The second-order valence-electron chi connectivity index (χ2n) is 4.51. The molecule has 0 unspecified atom stereocenters. The van der Waals surface area contributed by atoms with Crippen molar-refractivity contribution in [3.63, 3.8) is 0 Å².